The fourth-order valence-corrected chi connectivity index (χ4v) is 4.79. The highest BCUT2D eigenvalue weighted by Crippen LogP contribution is 2.35. The zero-order valence-corrected chi connectivity index (χ0v) is 17.4. The fourth-order valence-electron chi connectivity index (χ4n) is 2.62. The molecule has 0 saturated carbocycles. The summed E-state index contributed by atoms with van der Waals surface area (Å²) < 4.78 is 43.6. The lowest BCUT2D eigenvalue weighted by atomic mass is 10.1. The number of hydrogen-bond donors (Lipinski definition) is 0. The smallest absolute Gasteiger partial charge is 0.378 e. The molecule has 0 saturated heterocycles. The lowest BCUT2D eigenvalue weighted by Crippen LogP contribution is -2.03. The summed E-state index contributed by atoms with van der Waals surface area (Å²) in [5.41, 5.74) is 3.36. The van der Waals surface area contributed by atoms with Gasteiger partial charge in [-0.05, 0) is 49.2 Å². The van der Waals surface area contributed by atoms with E-state index < -0.39 is 11.7 Å². The van der Waals surface area contributed by atoms with E-state index in [0.29, 0.717) is 17.2 Å². The average Bonchev–Trinajstić information content (AvgIpc) is 3.05. The normalized spacial score (nSPS) is 11.8. The molecule has 1 heterocycles. The molecule has 0 amide bonds. The number of thiazole rings is 1. The summed E-state index contributed by atoms with van der Waals surface area (Å²) in [5, 5.41) is 0.705. The molecule has 0 radical (unpaired) electrons. The summed E-state index contributed by atoms with van der Waals surface area (Å²) in [5.74, 6) is 0.736. The van der Waals surface area contributed by atoms with Crippen molar-refractivity contribution in [3.05, 3.63) is 69.7 Å². The van der Waals surface area contributed by atoms with Gasteiger partial charge in [0.2, 0.25) is 0 Å². The summed E-state index contributed by atoms with van der Waals surface area (Å²) in [6, 6.07) is 11.5. The van der Waals surface area contributed by atoms with Crippen LogP contribution in [-0.2, 0) is 23.3 Å². The van der Waals surface area contributed by atoms with E-state index in [1.807, 2.05) is 0 Å². The Bertz CT molecular complexity index is 949. The Labute approximate surface area is 170 Å². The van der Waals surface area contributed by atoms with Gasteiger partial charge >= 0.3 is 6.18 Å². The maximum Gasteiger partial charge on any atom is 0.416 e. The number of nitrogens with zero attached hydrogens (tertiary/aromatic N) is 1. The van der Waals surface area contributed by atoms with Gasteiger partial charge in [0.05, 0.1) is 17.9 Å². The van der Waals surface area contributed by atoms with Crippen LogP contribution in [0.5, 0.6) is 0 Å². The number of halogens is 3. The quantitative estimate of drug-likeness (QED) is 0.403. The largest absolute Gasteiger partial charge is 0.416 e. The molecule has 0 spiro atoms. The molecule has 0 N–H and O–H groups in total. The summed E-state index contributed by atoms with van der Waals surface area (Å²) in [6.45, 7) is 4.55. The molecule has 7 heteroatoms. The van der Waals surface area contributed by atoms with E-state index >= 15 is 0 Å². The molecule has 2 nitrogen and oxygen atoms in total. The standard InChI is InChI=1S/C21H20F3NOS2/c1-13-4-9-17(10-14(13)2)27-12-19-18(11-26-3)25-20(28-19)15-5-7-16(8-6-15)21(22,23)24/h4-10H,11-12H2,1-3H3. The number of ether oxygens (including phenoxy) is 1. The molecule has 0 unspecified atom stereocenters. The number of thioether (sulfide) groups is 1. The first-order chi connectivity index (χ1) is 13.3. The molecule has 0 fully saturated rings. The Morgan fingerprint density at radius 3 is 2.36 bits per heavy atom. The summed E-state index contributed by atoms with van der Waals surface area (Å²) in [7, 11) is 1.61. The van der Waals surface area contributed by atoms with E-state index in [1.54, 1.807) is 18.9 Å². The third kappa shape index (κ3) is 4.96. The van der Waals surface area contributed by atoms with Gasteiger partial charge in [-0.2, -0.15) is 13.2 Å². The summed E-state index contributed by atoms with van der Waals surface area (Å²) in [4.78, 5) is 6.85. The minimum atomic E-state index is -4.34. The molecule has 28 heavy (non-hydrogen) atoms. The average molecular weight is 424 g/mol. The summed E-state index contributed by atoms with van der Waals surface area (Å²) >= 11 is 3.22. The predicted octanol–water partition coefficient (Wildman–Crippen LogP) is 6.88. The Morgan fingerprint density at radius 2 is 1.75 bits per heavy atom. The van der Waals surface area contributed by atoms with Crippen molar-refractivity contribution in [3.8, 4) is 10.6 Å². The van der Waals surface area contributed by atoms with E-state index in [9.17, 15) is 13.2 Å². The van der Waals surface area contributed by atoms with Crippen LogP contribution in [0.2, 0.25) is 0 Å². The van der Waals surface area contributed by atoms with Crippen molar-refractivity contribution < 1.29 is 17.9 Å². The maximum absolute atomic E-state index is 12.8. The van der Waals surface area contributed by atoms with Crippen molar-refractivity contribution in [3.63, 3.8) is 0 Å². The molecular weight excluding hydrogens is 403 g/mol. The molecule has 1 aromatic heterocycles. The predicted molar refractivity (Wildman–Crippen MR) is 109 cm³/mol. The second kappa shape index (κ2) is 8.68. The molecule has 0 aliphatic rings. The molecule has 3 aromatic rings. The highest BCUT2D eigenvalue weighted by Gasteiger charge is 2.30. The van der Waals surface area contributed by atoms with Gasteiger partial charge in [0.15, 0.2) is 0 Å². The van der Waals surface area contributed by atoms with Crippen molar-refractivity contribution in [1.82, 2.24) is 4.98 Å². The number of alkyl halides is 3. The van der Waals surface area contributed by atoms with Crippen LogP contribution in [-0.4, -0.2) is 12.1 Å². The highest BCUT2D eigenvalue weighted by molar-refractivity contribution is 7.98. The van der Waals surface area contributed by atoms with Crippen LogP contribution in [0.15, 0.2) is 47.4 Å². The zero-order chi connectivity index (χ0) is 20.3. The second-order valence-corrected chi connectivity index (χ2v) is 8.56. The Balaban J connectivity index is 1.82. The molecule has 148 valence electrons. The van der Waals surface area contributed by atoms with Gasteiger partial charge in [0.25, 0.3) is 0 Å². The van der Waals surface area contributed by atoms with Crippen LogP contribution >= 0.6 is 23.1 Å². The minimum absolute atomic E-state index is 0.375. The van der Waals surface area contributed by atoms with Crippen molar-refractivity contribution in [2.75, 3.05) is 7.11 Å². The number of rotatable bonds is 6. The van der Waals surface area contributed by atoms with Gasteiger partial charge in [-0.25, -0.2) is 4.98 Å². The van der Waals surface area contributed by atoms with Crippen LogP contribution in [0.4, 0.5) is 13.2 Å². The van der Waals surface area contributed by atoms with Crippen LogP contribution in [0.3, 0.4) is 0 Å². The summed E-state index contributed by atoms with van der Waals surface area (Å²) in [6.07, 6.45) is -4.34. The van der Waals surface area contributed by atoms with Crippen molar-refractivity contribution in [1.29, 1.82) is 0 Å². The van der Waals surface area contributed by atoms with Gasteiger partial charge in [0, 0.05) is 28.2 Å². The fraction of sp³-hybridized carbons (Fsp3) is 0.286. The van der Waals surface area contributed by atoms with Gasteiger partial charge < -0.3 is 4.74 Å². The van der Waals surface area contributed by atoms with E-state index in [4.69, 9.17) is 4.74 Å². The second-order valence-electron chi connectivity index (χ2n) is 6.43. The number of aromatic nitrogens is 1. The van der Waals surface area contributed by atoms with Crippen molar-refractivity contribution >= 4 is 23.1 Å². The first kappa shape index (κ1) is 20.9. The van der Waals surface area contributed by atoms with Crippen LogP contribution in [0.25, 0.3) is 10.6 Å². The minimum Gasteiger partial charge on any atom is -0.378 e. The number of hydrogen-bond acceptors (Lipinski definition) is 4. The first-order valence-electron chi connectivity index (χ1n) is 8.63. The molecule has 0 aliphatic carbocycles. The van der Waals surface area contributed by atoms with E-state index in [2.05, 4.69) is 37.0 Å². The lowest BCUT2D eigenvalue weighted by molar-refractivity contribution is -0.137. The third-order valence-electron chi connectivity index (χ3n) is 4.37. The topological polar surface area (TPSA) is 22.1 Å². The van der Waals surface area contributed by atoms with E-state index in [1.165, 1.54) is 39.5 Å². The third-order valence-corrected chi connectivity index (χ3v) is 6.72. The van der Waals surface area contributed by atoms with Crippen LogP contribution in [0.1, 0.15) is 27.3 Å². The van der Waals surface area contributed by atoms with Crippen LogP contribution in [0, 0.1) is 13.8 Å². The Kier molecular flexibility index (Phi) is 6.47. The van der Waals surface area contributed by atoms with E-state index in [-0.39, 0.29) is 0 Å². The van der Waals surface area contributed by atoms with Crippen LogP contribution < -0.4 is 0 Å². The zero-order valence-electron chi connectivity index (χ0n) is 15.8. The van der Waals surface area contributed by atoms with Crippen molar-refractivity contribution in [2.24, 2.45) is 0 Å². The molecule has 3 rings (SSSR count). The monoisotopic (exact) mass is 423 g/mol. The molecular formula is C21H20F3NOS2. The van der Waals surface area contributed by atoms with Gasteiger partial charge in [-0.3, -0.25) is 0 Å². The lowest BCUT2D eigenvalue weighted by Gasteiger charge is -2.06. The number of benzene rings is 2. The van der Waals surface area contributed by atoms with Gasteiger partial charge in [-0.15, -0.1) is 23.1 Å². The molecule has 0 aliphatic heterocycles. The number of aryl methyl sites for hydroxylation is 2. The SMILES string of the molecule is COCc1nc(-c2ccc(C(F)(F)F)cc2)sc1CSc1ccc(C)c(C)c1. The van der Waals surface area contributed by atoms with Crippen molar-refractivity contribution in [2.45, 2.75) is 37.3 Å². The van der Waals surface area contributed by atoms with Gasteiger partial charge in [-0.1, -0.05) is 18.2 Å². The first-order valence-corrected chi connectivity index (χ1v) is 10.4. The Morgan fingerprint density at radius 1 is 1.04 bits per heavy atom. The highest BCUT2D eigenvalue weighted by atomic mass is 32.2. The number of methoxy groups -OCH3 is 1. The Hall–Kier alpha value is -1.83. The van der Waals surface area contributed by atoms with E-state index in [0.717, 1.165) is 28.5 Å². The molecule has 0 bridgehead atoms. The molecule has 2 aromatic carbocycles. The molecule has 0 atom stereocenters. The van der Waals surface area contributed by atoms with Gasteiger partial charge in [0.1, 0.15) is 5.01 Å². The maximum atomic E-state index is 12.8.